The van der Waals surface area contributed by atoms with Crippen LogP contribution in [0.5, 0.6) is 5.75 Å². The number of methoxy groups -OCH3 is 1. The SMILES string of the molecule is COc1ccccc1NC(=S)N1CCC(O)CC1. The molecule has 1 fully saturated rings. The van der Waals surface area contributed by atoms with E-state index in [4.69, 9.17) is 17.0 Å². The molecule has 1 aliphatic rings. The van der Waals surface area contributed by atoms with Crippen LogP contribution in [0.25, 0.3) is 0 Å². The highest BCUT2D eigenvalue weighted by molar-refractivity contribution is 7.80. The van der Waals surface area contributed by atoms with Crippen LogP contribution in [0, 0.1) is 0 Å². The molecule has 98 valence electrons. The van der Waals surface area contributed by atoms with Crippen molar-refractivity contribution in [3.8, 4) is 5.75 Å². The largest absolute Gasteiger partial charge is 0.495 e. The fraction of sp³-hybridized carbons (Fsp3) is 0.462. The number of aliphatic hydroxyl groups excluding tert-OH is 1. The van der Waals surface area contributed by atoms with Crippen LogP contribution in [-0.2, 0) is 0 Å². The third kappa shape index (κ3) is 3.11. The number of aliphatic hydroxyl groups is 1. The Morgan fingerprint density at radius 1 is 1.39 bits per heavy atom. The van der Waals surface area contributed by atoms with Gasteiger partial charge in [-0.15, -0.1) is 0 Å². The molecule has 4 nitrogen and oxygen atoms in total. The molecule has 1 saturated heterocycles. The van der Waals surface area contributed by atoms with Gasteiger partial charge >= 0.3 is 0 Å². The number of anilines is 1. The number of thiocarbonyl (C=S) groups is 1. The lowest BCUT2D eigenvalue weighted by atomic mass is 10.1. The fourth-order valence-electron chi connectivity index (χ4n) is 2.01. The molecule has 0 saturated carbocycles. The van der Waals surface area contributed by atoms with E-state index in [2.05, 4.69) is 10.2 Å². The quantitative estimate of drug-likeness (QED) is 0.800. The summed E-state index contributed by atoms with van der Waals surface area (Å²) in [6.07, 6.45) is 1.36. The molecular weight excluding hydrogens is 248 g/mol. The van der Waals surface area contributed by atoms with Gasteiger partial charge in [0.15, 0.2) is 5.11 Å². The van der Waals surface area contributed by atoms with Crippen molar-refractivity contribution in [2.45, 2.75) is 18.9 Å². The summed E-state index contributed by atoms with van der Waals surface area (Å²) in [6.45, 7) is 1.59. The van der Waals surface area contributed by atoms with Gasteiger partial charge in [0.05, 0.1) is 18.9 Å². The Bertz CT molecular complexity index is 417. The molecule has 1 aromatic rings. The molecule has 1 aromatic carbocycles. The number of rotatable bonds is 2. The van der Waals surface area contributed by atoms with Crippen LogP contribution in [0.4, 0.5) is 5.69 Å². The van der Waals surface area contributed by atoms with Gasteiger partial charge in [-0.1, -0.05) is 12.1 Å². The number of hydrogen-bond donors (Lipinski definition) is 2. The summed E-state index contributed by atoms with van der Waals surface area (Å²) in [7, 11) is 1.64. The number of para-hydroxylation sites is 2. The third-order valence-corrected chi connectivity index (χ3v) is 3.46. The van der Waals surface area contributed by atoms with E-state index in [0.717, 1.165) is 37.4 Å². The maximum atomic E-state index is 9.47. The lowest BCUT2D eigenvalue weighted by Gasteiger charge is -2.32. The van der Waals surface area contributed by atoms with E-state index in [1.54, 1.807) is 7.11 Å². The van der Waals surface area contributed by atoms with Crippen molar-refractivity contribution in [1.29, 1.82) is 0 Å². The zero-order valence-corrected chi connectivity index (χ0v) is 11.2. The van der Waals surface area contributed by atoms with Crippen molar-refractivity contribution < 1.29 is 9.84 Å². The van der Waals surface area contributed by atoms with E-state index in [0.29, 0.717) is 5.11 Å². The van der Waals surface area contributed by atoms with Crippen molar-refractivity contribution in [2.24, 2.45) is 0 Å². The highest BCUT2D eigenvalue weighted by Crippen LogP contribution is 2.23. The van der Waals surface area contributed by atoms with Crippen LogP contribution >= 0.6 is 12.2 Å². The fourth-order valence-corrected chi connectivity index (χ4v) is 2.30. The summed E-state index contributed by atoms with van der Waals surface area (Å²) in [6, 6.07) is 7.69. The molecule has 0 atom stereocenters. The van der Waals surface area contributed by atoms with E-state index in [9.17, 15) is 5.11 Å². The van der Waals surface area contributed by atoms with Crippen LogP contribution in [0.3, 0.4) is 0 Å². The molecule has 1 aliphatic heterocycles. The smallest absolute Gasteiger partial charge is 0.173 e. The molecule has 0 bridgehead atoms. The number of benzene rings is 1. The first-order valence-corrected chi connectivity index (χ1v) is 6.48. The average molecular weight is 266 g/mol. The first-order chi connectivity index (χ1) is 8.70. The summed E-state index contributed by atoms with van der Waals surface area (Å²) in [5.41, 5.74) is 0.871. The van der Waals surface area contributed by atoms with Gasteiger partial charge in [0, 0.05) is 13.1 Å². The van der Waals surface area contributed by atoms with E-state index >= 15 is 0 Å². The van der Waals surface area contributed by atoms with E-state index in [1.807, 2.05) is 24.3 Å². The Morgan fingerprint density at radius 3 is 2.72 bits per heavy atom. The number of nitrogens with zero attached hydrogens (tertiary/aromatic N) is 1. The molecular formula is C13H18N2O2S. The van der Waals surface area contributed by atoms with Gasteiger partial charge in [0.25, 0.3) is 0 Å². The number of ether oxygens (including phenoxy) is 1. The van der Waals surface area contributed by atoms with Crippen LogP contribution in [0.2, 0.25) is 0 Å². The highest BCUT2D eigenvalue weighted by Gasteiger charge is 2.19. The van der Waals surface area contributed by atoms with Crippen LogP contribution in [0.15, 0.2) is 24.3 Å². The molecule has 5 heteroatoms. The molecule has 0 spiro atoms. The van der Waals surface area contributed by atoms with Crippen molar-refractivity contribution >= 4 is 23.0 Å². The third-order valence-electron chi connectivity index (χ3n) is 3.10. The van der Waals surface area contributed by atoms with Gasteiger partial charge in [-0.25, -0.2) is 0 Å². The molecule has 0 aliphatic carbocycles. The highest BCUT2D eigenvalue weighted by atomic mass is 32.1. The Hall–Kier alpha value is -1.33. The van der Waals surface area contributed by atoms with Crippen LogP contribution < -0.4 is 10.1 Å². The van der Waals surface area contributed by atoms with Gasteiger partial charge in [-0.05, 0) is 37.2 Å². The molecule has 18 heavy (non-hydrogen) atoms. The predicted molar refractivity (Wildman–Crippen MR) is 76.0 cm³/mol. The molecule has 1 heterocycles. The predicted octanol–water partition coefficient (Wildman–Crippen LogP) is 1.85. The minimum atomic E-state index is -0.185. The van der Waals surface area contributed by atoms with E-state index in [-0.39, 0.29) is 6.10 Å². The molecule has 2 rings (SSSR count). The Morgan fingerprint density at radius 2 is 2.06 bits per heavy atom. The molecule has 0 unspecified atom stereocenters. The van der Waals surface area contributed by atoms with Crippen LogP contribution in [-0.4, -0.2) is 41.4 Å². The lowest BCUT2D eigenvalue weighted by molar-refractivity contribution is 0.110. The summed E-state index contributed by atoms with van der Waals surface area (Å²) >= 11 is 5.38. The zero-order valence-electron chi connectivity index (χ0n) is 10.4. The minimum Gasteiger partial charge on any atom is -0.495 e. The van der Waals surface area contributed by atoms with Gasteiger partial charge in [0.2, 0.25) is 0 Å². The second-order valence-corrected chi connectivity index (χ2v) is 4.74. The molecule has 2 N–H and O–H groups in total. The van der Waals surface area contributed by atoms with Crippen molar-refractivity contribution in [3.63, 3.8) is 0 Å². The van der Waals surface area contributed by atoms with Crippen molar-refractivity contribution in [1.82, 2.24) is 4.90 Å². The minimum absolute atomic E-state index is 0.185. The summed E-state index contributed by atoms with van der Waals surface area (Å²) in [4.78, 5) is 2.08. The summed E-state index contributed by atoms with van der Waals surface area (Å²) in [5.74, 6) is 0.775. The number of piperidine rings is 1. The Kier molecular flexibility index (Phi) is 4.38. The van der Waals surface area contributed by atoms with E-state index in [1.165, 1.54) is 0 Å². The molecule has 0 radical (unpaired) electrons. The zero-order chi connectivity index (χ0) is 13.0. The van der Waals surface area contributed by atoms with Gasteiger partial charge < -0.3 is 20.1 Å². The molecule has 0 amide bonds. The van der Waals surface area contributed by atoms with Crippen molar-refractivity contribution in [2.75, 3.05) is 25.5 Å². The first kappa shape index (κ1) is 13.1. The standard InChI is InChI=1S/C13H18N2O2S/c1-17-12-5-3-2-4-11(12)14-13(18)15-8-6-10(16)7-9-15/h2-5,10,16H,6-9H2,1H3,(H,14,18). The lowest BCUT2D eigenvalue weighted by Crippen LogP contribution is -2.42. The number of nitrogens with one attached hydrogen (secondary N) is 1. The van der Waals surface area contributed by atoms with Gasteiger partial charge in [-0.3, -0.25) is 0 Å². The maximum absolute atomic E-state index is 9.47. The number of hydrogen-bond acceptors (Lipinski definition) is 3. The van der Waals surface area contributed by atoms with Gasteiger partial charge in [0.1, 0.15) is 5.75 Å². The summed E-state index contributed by atoms with van der Waals surface area (Å²) in [5, 5.41) is 13.4. The van der Waals surface area contributed by atoms with Gasteiger partial charge in [-0.2, -0.15) is 0 Å². The summed E-state index contributed by atoms with van der Waals surface area (Å²) < 4.78 is 5.27. The van der Waals surface area contributed by atoms with Crippen LogP contribution in [0.1, 0.15) is 12.8 Å². The van der Waals surface area contributed by atoms with Crippen molar-refractivity contribution in [3.05, 3.63) is 24.3 Å². The maximum Gasteiger partial charge on any atom is 0.173 e. The Balaban J connectivity index is 1.98. The Labute approximate surface area is 113 Å². The van der Waals surface area contributed by atoms with E-state index < -0.39 is 0 Å². The topological polar surface area (TPSA) is 44.7 Å². The first-order valence-electron chi connectivity index (χ1n) is 6.07. The monoisotopic (exact) mass is 266 g/mol. The second kappa shape index (κ2) is 6.02. The normalized spacial score (nSPS) is 16.4. The molecule has 0 aromatic heterocycles. The second-order valence-electron chi connectivity index (χ2n) is 4.35. The average Bonchev–Trinajstić information content (AvgIpc) is 2.40. The number of likely N-dealkylation sites (tertiary alicyclic amines) is 1.